The molecule has 0 aromatic heterocycles. The molecule has 1 saturated carbocycles. The average molecular weight is 456 g/mol. The molecule has 170 valence electrons. The van der Waals surface area contributed by atoms with Crippen LogP contribution < -0.4 is 10.6 Å². The van der Waals surface area contributed by atoms with E-state index in [2.05, 4.69) is 36.5 Å². The Morgan fingerprint density at radius 3 is 2.50 bits per heavy atom. The fourth-order valence-electron chi connectivity index (χ4n) is 4.55. The monoisotopic (exact) mass is 455 g/mol. The number of hydroxylamine groups is 2. The first-order chi connectivity index (χ1) is 15.3. The van der Waals surface area contributed by atoms with Gasteiger partial charge in [0, 0.05) is 11.7 Å². The maximum atomic E-state index is 12.2. The predicted molar refractivity (Wildman–Crippen MR) is 125 cm³/mol. The van der Waals surface area contributed by atoms with Crippen LogP contribution in [0.1, 0.15) is 62.2 Å². The number of imide groups is 1. The molecular weight excluding hydrogens is 426 g/mol. The molecule has 5 atom stereocenters. The van der Waals surface area contributed by atoms with Gasteiger partial charge in [-0.05, 0) is 66.8 Å². The van der Waals surface area contributed by atoms with Crippen molar-refractivity contribution >= 4 is 29.2 Å². The predicted octanol–water partition coefficient (Wildman–Crippen LogP) is 6.01. The van der Waals surface area contributed by atoms with Gasteiger partial charge in [-0.25, -0.2) is 4.79 Å². The maximum Gasteiger partial charge on any atom is 0.326 e. The average Bonchev–Trinajstić information content (AvgIpc) is 3.55. The van der Waals surface area contributed by atoms with Crippen molar-refractivity contribution in [2.45, 2.75) is 52.3 Å². The van der Waals surface area contributed by atoms with Gasteiger partial charge in [0.25, 0.3) is 5.91 Å². The van der Waals surface area contributed by atoms with E-state index < -0.39 is 11.9 Å². The number of anilines is 1. The number of amides is 3. The van der Waals surface area contributed by atoms with Gasteiger partial charge in [0.15, 0.2) is 6.23 Å². The first-order valence-electron chi connectivity index (χ1n) is 11.3. The van der Waals surface area contributed by atoms with E-state index in [4.69, 9.17) is 16.4 Å². The molecule has 1 saturated heterocycles. The van der Waals surface area contributed by atoms with E-state index >= 15 is 0 Å². The van der Waals surface area contributed by atoms with Crippen molar-refractivity contribution in [1.82, 2.24) is 10.4 Å². The van der Waals surface area contributed by atoms with Crippen molar-refractivity contribution in [2.24, 2.45) is 17.8 Å². The van der Waals surface area contributed by atoms with Crippen molar-refractivity contribution in [3.63, 3.8) is 0 Å². The number of hydrogen-bond donors (Lipinski definition) is 2. The van der Waals surface area contributed by atoms with Gasteiger partial charge in [-0.3, -0.25) is 14.9 Å². The van der Waals surface area contributed by atoms with Crippen molar-refractivity contribution in [1.29, 1.82) is 0 Å². The zero-order valence-corrected chi connectivity index (χ0v) is 19.4. The Morgan fingerprint density at radius 2 is 1.81 bits per heavy atom. The minimum absolute atomic E-state index is 0.0296. The molecule has 2 aliphatic rings. The molecule has 7 heteroatoms. The van der Waals surface area contributed by atoms with Crippen LogP contribution >= 0.6 is 11.6 Å². The summed E-state index contributed by atoms with van der Waals surface area (Å²) in [6.07, 6.45) is 3.69. The highest BCUT2D eigenvalue weighted by molar-refractivity contribution is 6.34. The Labute approximate surface area is 194 Å². The van der Waals surface area contributed by atoms with Crippen molar-refractivity contribution in [3.05, 3.63) is 64.7 Å². The third-order valence-corrected chi connectivity index (χ3v) is 7.00. The topological polar surface area (TPSA) is 73.7 Å². The van der Waals surface area contributed by atoms with Crippen LogP contribution in [-0.2, 0) is 4.84 Å². The molecular formula is C25H30ClN3O3. The highest BCUT2D eigenvalue weighted by Crippen LogP contribution is 2.46. The summed E-state index contributed by atoms with van der Waals surface area (Å²) in [5, 5.41) is 7.41. The number of benzene rings is 2. The lowest BCUT2D eigenvalue weighted by Gasteiger charge is -2.35. The molecule has 1 aliphatic heterocycles. The number of rotatable bonds is 5. The largest absolute Gasteiger partial charge is 0.326 e. The Morgan fingerprint density at radius 1 is 1.09 bits per heavy atom. The van der Waals surface area contributed by atoms with Crippen LogP contribution in [0.25, 0.3) is 0 Å². The van der Waals surface area contributed by atoms with E-state index in [9.17, 15) is 9.59 Å². The second-order valence-electron chi connectivity index (χ2n) is 9.19. The molecule has 2 N–H and O–H groups in total. The molecule has 1 aliphatic carbocycles. The SMILES string of the molecule is CC(C)C1CCC(C)C(N2OC2c2ccc(NC(=O)NC(=O)c3ccccc3Cl)cc2)C1. The Bertz CT molecular complexity index is 979. The highest BCUT2D eigenvalue weighted by Gasteiger charge is 2.47. The quantitative estimate of drug-likeness (QED) is 0.541. The number of hydrogen-bond acceptors (Lipinski definition) is 4. The number of carbonyl (C=O) groups is 2. The van der Waals surface area contributed by atoms with E-state index in [1.807, 2.05) is 24.3 Å². The number of nitrogens with one attached hydrogen (secondary N) is 2. The summed E-state index contributed by atoms with van der Waals surface area (Å²) < 4.78 is 0. The number of nitrogens with zero attached hydrogens (tertiary/aromatic N) is 1. The van der Waals surface area contributed by atoms with Crippen molar-refractivity contribution in [3.8, 4) is 0 Å². The van der Waals surface area contributed by atoms with Crippen LogP contribution in [0.2, 0.25) is 5.02 Å². The molecule has 0 bridgehead atoms. The summed E-state index contributed by atoms with van der Waals surface area (Å²) in [4.78, 5) is 30.4. The summed E-state index contributed by atoms with van der Waals surface area (Å²) in [7, 11) is 0. The number of halogens is 1. The molecule has 0 radical (unpaired) electrons. The zero-order chi connectivity index (χ0) is 22.8. The van der Waals surface area contributed by atoms with Gasteiger partial charge < -0.3 is 5.32 Å². The third-order valence-electron chi connectivity index (χ3n) is 6.67. The van der Waals surface area contributed by atoms with E-state index in [1.165, 1.54) is 19.3 Å². The summed E-state index contributed by atoms with van der Waals surface area (Å²) in [6, 6.07) is 14.0. The molecule has 2 fully saturated rings. The van der Waals surface area contributed by atoms with E-state index in [1.54, 1.807) is 24.3 Å². The molecule has 6 nitrogen and oxygen atoms in total. The molecule has 2 aromatic carbocycles. The molecule has 0 spiro atoms. The second kappa shape index (κ2) is 9.61. The van der Waals surface area contributed by atoms with Gasteiger partial charge in [-0.1, -0.05) is 56.6 Å². The summed E-state index contributed by atoms with van der Waals surface area (Å²) in [6.45, 7) is 6.93. The van der Waals surface area contributed by atoms with Gasteiger partial charge in [-0.2, -0.15) is 0 Å². The van der Waals surface area contributed by atoms with Gasteiger partial charge >= 0.3 is 6.03 Å². The van der Waals surface area contributed by atoms with E-state index in [0.717, 1.165) is 11.5 Å². The zero-order valence-electron chi connectivity index (χ0n) is 18.7. The van der Waals surface area contributed by atoms with Crippen LogP contribution in [-0.4, -0.2) is 23.0 Å². The Kier molecular flexibility index (Phi) is 6.84. The normalized spacial score (nSPS) is 27.1. The molecule has 32 heavy (non-hydrogen) atoms. The van der Waals surface area contributed by atoms with Gasteiger partial charge in [0.05, 0.1) is 10.6 Å². The van der Waals surface area contributed by atoms with Crippen LogP contribution in [0, 0.1) is 17.8 Å². The van der Waals surface area contributed by atoms with E-state index in [-0.39, 0.29) is 11.8 Å². The number of urea groups is 1. The first kappa shape index (κ1) is 22.8. The summed E-state index contributed by atoms with van der Waals surface area (Å²) >= 11 is 6.01. The van der Waals surface area contributed by atoms with Crippen LogP contribution in [0.15, 0.2) is 48.5 Å². The smallest absolute Gasteiger partial charge is 0.308 e. The summed E-state index contributed by atoms with van der Waals surface area (Å²) in [5.74, 6) is 1.52. The fourth-order valence-corrected chi connectivity index (χ4v) is 4.77. The van der Waals surface area contributed by atoms with Gasteiger partial charge in [0.1, 0.15) is 0 Å². The second-order valence-corrected chi connectivity index (χ2v) is 9.60. The van der Waals surface area contributed by atoms with Gasteiger partial charge in [0.2, 0.25) is 0 Å². The number of carbonyl (C=O) groups excluding carboxylic acids is 2. The minimum Gasteiger partial charge on any atom is -0.308 e. The van der Waals surface area contributed by atoms with Crippen molar-refractivity contribution < 1.29 is 14.4 Å². The summed E-state index contributed by atoms with van der Waals surface area (Å²) in [5.41, 5.74) is 1.90. The van der Waals surface area contributed by atoms with Crippen molar-refractivity contribution in [2.75, 3.05) is 5.32 Å². The van der Waals surface area contributed by atoms with Crippen LogP contribution in [0.4, 0.5) is 10.5 Å². The Balaban J connectivity index is 1.31. The van der Waals surface area contributed by atoms with E-state index in [0.29, 0.717) is 28.6 Å². The highest BCUT2D eigenvalue weighted by atomic mass is 35.5. The molecule has 1 heterocycles. The lowest BCUT2D eigenvalue weighted by Crippen LogP contribution is -2.35. The maximum absolute atomic E-state index is 12.2. The first-order valence-corrected chi connectivity index (χ1v) is 11.6. The fraction of sp³-hybridized carbons (Fsp3) is 0.440. The van der Waals surface area contributed by atoms with Crippen LogP contribution in [0.3, 0.4) is 0 Å². The lowest BCUT2D eigenvalue weighted by atomic mass is 9.74. The molecule has 5 unspecified atom stereocenters. The molecule has 4 rings (SSSR count). The standard InChI is InChI=1S/C25H30ClN3O3/c1-15(2)18-9-8-16(3)22(14-18)29-24(32-29)17-10-12-19(13-11-17)27-25(31)28-23(30)20-6-4-5-7-21(20)26/h4-7,10-13,15-16,18,22,24H,8-9,14H2,1-3H3,(H2,27,28,30,31). The third kappa shape index (κ3) is 5.14. The lowest BCUT2D eigenvalue weighted by molar-refractivity contribution is 0.0554. The molecule has 2 aromatic rings. The Hall–Kier alpha value is -2.41. The minimum atomic E-state index is -0.609. The van der Waals surface area contributed by atoms with Crippen LogP contribution in [0.5, 0.6) is 0 Å². The van der Waals surface area contributed by atoms with Gasteiger partial charge in [-0.15, -0.1) is 5.06 Å². The molecule has 3 amide bonds.